The van der Waals surface area contributed by atoms with Crippen LogP contribution in [0.5, 0.6) is 0 Å². The molecule has 2 aromatic rings. The van der Waals surface area contributed by atoms with Crippen molar-refractivity contribution in [3.05, 3.63) is 42.0 Å². The van der Waals surface area contributed by atoms with Gasteiger partial charge in [0.2, 0.25) is 0 Å². The van der Waals surface area contributed by atoms with E-state index in [1.165, 1.54) is 36.7 Å². The Kier molecular flexibility index (Phi) is 5.45. The molecule has 2 aliphatic rings. The fourth-order valence-electron chi connectivity index (χ4n) is 3.80. The van der Waals surface area contributed by atoms with Gasteiger partial charge in [-0.05, 0) is 44.1 Å². The number of carbonyl (C=O) groups excluding carboxylic acids is 1. The lowest BCUT2D eigenvalue weighted by Crippen LogP contribution is -2.50. The average Bonchev–Trinajstić information content (AvgIpc) is 3.41. The predicted octanol–water partition coefficient (Wildman–Crippen LogP) is 1.26. The monoisotopic (exact) mass is 372 g/mol. The highest BCUT2D eigenvalue weighted by molar-refractivity contribution is 5.95. The van der Waals surface area contributed by atoms with Crippen molar-refractivity contribution in [2.75, 3.05) is 52.4 Å². The van der Waals surface area contributed by atoms with Crippen LogP contribution in [0.2, 0.25) is 0 Å². The lowest BCUT2D eigenvalue weighted by Gasteiger charge is -2.35. The molecular weight excluding hydrogens is 347 g/mol. The van der Waals surface area contributed by atoms with Gasteiger partial charge in [0.15, 0.2) is 0 Å². The van der Waals surface area contributed by atoms with E-state index < -0.39 is 5.82 Å². The van der Waals surface area contributed by atoms with Gasteiger partial charge in [-0.2, -0.15) is 0 Å². The fraction of sp³-hybridized carbons (Fsp3) is 0.526. The third-order valence-corrected chi connectivity index (χ3v) is 5.46. The van der Waals surface area contributed by atoms with Crippen LogP contribution in [-0.4, -0.2) is 88.0 Å². The summed E-state index contributed by atoms with van der Waals surface area (Å²) in [6.07, 6.45) is 5.83. The average molecular weight is 372 g/mol. The Labute approximate surface area is 158 Å². The zero-order valence-electron chi connectivity index (χ0n) is 15.4. The van der Waals surface area contributed by atoms with Gasteiger partial charge >= 0.3 is 0 Å². The Morgan fingerprint density at radius 1 is 1.00 bits per heavy atom. The summed E-state index contributed by atoms with van der Waals surface area (Å²) >= 11 is 0. The number of amides is 1. The Morgan fingerprint density at radius 2 is 1.70 bits per heavy atom. The molecule has 0 saturated carbocycles. The summed E-state index contributed by atoms with van der Waals surface area (Å²) in [6.45, 7) is 7.49. The number of likely N-dealkylation sites (tertiary alicyclic amines) is 1. The van der Waals surface area contributed by atoms with Crippen LogP contribution in [0.4, 0.5) is 4.39 Å². The molecule has 0 aliphatic carbocycles. The van der Waals surface area contributed by atoms with Gasteiger partial charge in [-0.15, -0.1) is 5.10 Å². The number of nitrogens with zero attached hydrogens (tertiary/aromatic N) is 6. The molecule has 0 atom stereocenters. The molecule has 2 aliphatic heterocycles. The summed E-state index contributed by atoms with van der Waals surface area (Å²) in [5, 5.41) is 7.66. The first-order valence-electron chi connectivity index (χ1n) is 9.61. The van der Waals surface area contributed by atoms with Gasteiger partial charge in [0, 0.05) is 39.3 Å². The molecule has 3 heterocycles. The minimum absolute atomic E-state index is 0.0912. The molecule has 2 saturated heterocycles. The van der Waals surface area contributed by atoms with Crippen molar-refractivity contribution in [1.29, 1.82) is 0 Å². The van der Waals surface area contributed by atoms with Crippen molar-refractivity contribution in [2.45, 2.75) is 12.8 Å². The molecule has 0 bridgehead atoms. The first-order chi connectivity index (χ1) is 13.2. The second kappa shape index (κ2) is 8.14. The molecule has 0 N–H and O–H groups in total. The highest BCUT2D eigenvalue weighted by Crippen LogP contribution is 2.17. The number of aromatic nitrogens is 3. The normalized spacial score (nSPS) is 18.9. The molecule has 0 unspecified atom stereocenters. The zero-order chi connectivity index (χ0) is 18.6. The van der Waals surface area contributed by atoms with Crippen molar-refractivity contribution in [2.24, 2.45) is 0 Å². The van der Waals surface area contributed by atoms with Crippen LogP contribution in [0.25, 0.3) is 5.69 Å². The zero-order valence-corrected chi connectivity index (χ0v) is 15.4. The molecule has 2 fully saturated rings. The minimum Gasteiger partial charge on any atom is -0.336 e. The van der Waals surface area contributed by atoms with Crippen molar-refractivity contribution >= 4 is 5.91 Å². The number of benzene rings is 1. The van der Waals surface area contributed by atoms with E-state index in [-0.39, 0.29) is 11.5 Å². The van der Waals surface area contributed by atoms with Gasteiger partial charge in [0.1, 0.15) is 5.82 Å². The summed E-state index contributed by atoms with van der Waals surface area (Å²) < 4.78 is 15.8. The van der Waals surface area contributed by atoms with Gasteiger partial charge in [-0.1, -0.05) is 5.21 Å². The maximum atomic E-state index is 14.3. The third-order valence-electron chi connectivity index (χ3n) is 5.46. The summed E-state index contributed by atoms with van der Waals surface area (Å²) in [4.78, 5) is 19.5. The highest BCUT2D eigenvalue weighted by atomic mass is 19.1. The maximum absolute atomic E-state index is 14.3. The topological polar surface area (TPSA) is 57.5 Å². The number of carbonyl (C=O) groups is 1. The van der Waals surface area contributed by atoms with Gasteiger partial charge in [-0.3, -0.25) is 9.69 Å². The van der Waals surface area contributed by atoms with E-state index in [2.05, 4.69) is 20.1 Å². The smallest absolute Gasteiger partial charge is 0.256 e. The molecule has 27 heavy (non-hydrogen) atoms. The van der Waals surface area contributed by atoms with Crippen molar-refractivity contribution in [1.82, 2.24) is 29.7 Å². The molecule has 144 valence electrons. The highest BCUT2D eigenvalue weighted by Gasteiger charge is 2.25. The Morgan fingerprint density at radius 3 is 2.37 bits per heavy atom. The van der Waals surface area contributed by atoms with Gasteiger partial charge in [-0.25, -0.2) is 9.07 Å². The van der Waals surface area contributed by atoms with Crippen LogP contribution < -0.4 is 0 Å². The number of rotatable bonds is 5. The van der Waals surface area contributed by atoms with E-state index in [4.69, 9.17) is 0 Å². The van der Waals surface area contributed by atoms with E-state index in [1.54, 1.807) is 29.4 Å². The fourth-order valence-corrected chi connectivity index (χ4v) is 3.80. The van der Waals surface area contributed by atoms with E-state index in [1.807, 2.05) is 0 Å². The number of halogens is 1. The first kappa shape index (κ1) is 18.1. The summed E-state index contributed by atoms with van der Waals surface area (Å²) in [5.41, 5.74) is 0.718. The maximum Gasteiger partial charge on any atom is 0.256 e. The van der Waals surface area contributed by atoms with Crippen LogP contribution >= 0.6 is 0 Å². The molecule has 0 spiro atoms. The van der Waals surface area contributed by atoms with E-state index in [0.29, 0.717) is 18.8 Å². The number of hydrogen-bond donors (Lipinski definition) is 0. The van der Waals surface area contributed by atoms with Crippen LogP contribution in [-0.2, 0) is 0 Å². The predicted molar refractivity (Wildman–Crippen MR) is 99.3 cm³/mol. The molecule has 1 aromatic carbocycles. The van der Waals surface area contributed by atoms with Gasteiger partial charge in [0.25, 0.3) is 5.91 Å². The second-order valence-electron chi connectivity index (χ2n) is 7.19. The van der Waals surface area contributed by atoms with E-state index in [9.17, 15) is 9.18 Å². The summed E-state index contributed by atoms with van der Waals surface area (Å²) in [6, 6.07) is 4.46. The first-order valence-corrected chi connectivity index (χ1v) is 9.61. The molecule has 8 heteroatoms. The van der Waals surface area contributed by atoms with E-state index in [0.717, 1.165) is 26.2 Å². The SMILES string of the molecule is O=C(c1cc(-n2ccnn2)ccc1F)N1CCN(CCN2CCCC2)CC1. The molecular formula is C19H25FN6O. The van der Waals surface area contributed by atoms with Crippen LogP contribution in [0.3, 0.4) is 0 Å². The lowest BCUT2D eigenvalue weighted by molar-refractivity contribution is 0.0622. The van der Waals surface area contributed by atoms with E-state index >= 15 is 0 Å². The summed E-state index contributed by atoms with van der Waals surface area (Å²) in [7, 11) is 0. The van der Waals surface area contributed by atoms with Crippen LogP contribution in [0.15, 0.2) is 30.6 Å². The molecule has 4 rings (SSSR count). The molecule has 7 nitrogen and oxygen atoms in total. The Bertz CT molecular complexity index is 767. The summed E-state index contributed by atoms with van der Waals surface area (Å²) in [5.74, 6) is -0.756. The van der Waals surface area contributed by atoms with Crippen molar-refractivity contribution < 1.29 is 9.18 Å². The van der Waals surface area contributed by atoms with Crippen LogP contribution in [0.1, 0.15) is 23.2 Å². The quantitative estimate of drug-likeness (QED) is 0.791. The van der Waals surface area contributed by atoms with Gasteiger partial charge < -0.3 is 9.80 Å². The van der Waals surface area contributed by atoms with Crippen molar-refractivity contribution in [3.63, 3.8) is 0 Å². The molecule has 0 radical (unpaired) electrons. The molecule has 1 amide bonds. The number of hydrogen-bond acceptors (Lipinski definition) is 5. The Balaban J connectivity index is 1.35. The second-order valence-corrected chi connectivity index (χ2v) is 7.19. The largest absolute Gasteiger partial charge is 0.336 e. The van der Waals surface area contributed by atoms with Crippen LogP contribution in [0, 0.1) is 5.82 Å². The van der Waals surface area contributed by atoms with Crippen molar-refractivity contribution in [3.8, 4) is 5.69 Å². The Hall–Kier alpha value is -2.32. The standard InChI is InChI=1S/C19H25FN6O/c20-18-4-3-16(26-8-5-21-22-26)15-17(18)19(27)25-13-11-24(12-14-25)10-9-23-6-1-2-7-23/h3-5,8,15H,1-2,6-7,9-14H2. The third kappa shape index (κ3) is 4.17. The lowest BCUT2D eigenvalue weighted by atomic mass is 10.1. The minimum atomic E-state index is -0.500. The number of piperazine rings is 1. The van der Waals surface area contributed by atoms with Gasteiger partial charge in [0.05, 0.1) is 23.6 Å². The molecule has 1 aromatic heterocycles.